The number of halogens is 4. The van der Waals surface area contributed by atoms with Gasteiger partial charge in [0.25, 0.3) is 0 Å². The fourth-order valence-electron chi connectivity index (χ4n) is 4.94. The molecule has 1 N–H and O–H groups in total. The Morgan fingerprint density at radius 1 is 1.00 bits per heavy atom. The first-order chi connectivity index (χ1) is 20.2. The van der Waals surface area contributed by atoms with Crippen LogP contribution in [0.1, 0.15) is 33.7 Å². The summed E-state index contributed by atoms with van der Waals surface area (Å²) in [4.78, 5) is 16.3. The number of rotatable bonds is 9. The Bertz CT molecular complexity index is 1820. The van der Waals surface area contributed by atoms with Crippen molar-refractivity contribution in [1.82, 2.24) is 9.55 Å². The maximum atomic E-state index is 15.4. The van der Waals surface area contributed by atoms with Gasteiger partial charge in [0.2, 0.25) is 0 Å². The van der Waals surface area contributed by atoms with Crippen LogP contribution in [0.3, 0.4) is 0 Å². The fourth-order valence-corrected chi connectivity index (χ4v) is 5.10. The minimum Gasteiger partial charge on any atom is -0.486 e. The molecule has 1 atom stereocenters. The molecule has 0 amide bonds. The predicted molar refractivity (Wildman–Crippen MR) is 151 cm³/mol. The molecule has 0 radical (unpaired) electrons. The quantitative estimate of drug-likeness (QED) is 0.193. The predicted octanol–water partition coefficient (Wildman–Crippen LogP) is 7.43. The van der Waals surface area contributed by atoms with Gasteiger partial charge < -0.3 is 19.1 Å². The lowest BCUT2D eigenvalue weighted by Gasteiger charge is -2.27. The molecule has 214 valence electrons. The van der Waals surface area contributed by atoms with Gasteiger partial charge >= 0.3 is 5.97 Å². The second-order valence-electron chi connectivity index (χ2n) is 10.1. The number of aromatic nitrogens is 2. The number of carboxylic acid groups (broad SMARTS) is 1. The number of ether oxygens (including phenoxy) is 2. The zero-order chi connectivity index (χ0) is 29.4. The summed E-state index contributed by atoms with van der Waals surface area (Å²) in [5, 5.41) is 9.69. The summed E-state index contributed by atoms with van der Waals surface area (Å²) in [6.45, 7) is 0.952. The lowest BCUT2D eigenvalue weighted by Crippen LogP contribution is -2.31. The van der Waals surface area contributed by atoms with Crippen molar-refractivity contribution in [2.45, 2.75) is 32.1 Å². The summed E-state index contributed by atoms with van der Waals surface area (Å²) in [5.74, 6) is -2.27. The number of hydrogen-bond donors (Lipinski definition) is 1. The first-order valence-electron chi connectivity index (χ1n) is 13.2. The monoisotopic (exact) mass is 592 g/mol. The zero-order valence-corrected chi connectivity index (χ0v) is 22.9. The van der Waals surface area contributed by atoms with E-state index in [9.17, 15) is 18.7 Å². The molecule has 2 heterocycles. The van der Waals surface area contributed by atoms with Gasteiger partial charge in [0.1, 0.15) is 24.1 Å². The second-order valence-corrected chi connectivity index (χ2v) is 10.5. The van der Waals surface area contributed by atoms with Gasteiger partial charge in [-0.1, -0.05) is 35.9 Å². The van der Waals surface area contributed by atoms with Crippen molar-refractivity contribution in [3.63, 3.8) is 0 Å². The van der Waals surface area contributed by atoms with E-state index in [-0.39, 0.29) is 40.2 Å². The maximum absolute atomic E-state index is 15.4. The van der Waals surface area contributed by atoms with Crippen molar-refractivity contribution in [3.05, 3.63) is 118 Å². The summed E-state index contributed by atoms with van der Waals surface area (Å²) in [6, 6.07) is 17.6. The summed E-state index contributed by atoms with van der Waals surface area (Å²) in [7, 11) is 0. The van der Waals surface area contributed by atoms with Crippen molar-refractivity contribution in [2.75, 3.05) is 6.61 Å². The molecule has 0 bridgehead atoms. The van der Waals surface area contributed by atoms with Crippen LogP contribution < -0.4 is 4.74 Å². The number of nitrogens with zero attached hydrogens (tertiary/aromatic N) is 2. The molecule has 5 aromatic rings. The van der Waals surface area contributed by atoms with Crippen LogP contribution >= 0.6 is 11.6 Å². The summed E-state index contributed by atoms with van der Waals surface area (Å²) in [5.41, 5.74) is 2.96. The van der Waals surface area contributed by atoms with Crippen molar-refractivity contribution < 1.29 is 32.5 Å². The Hall–Kier alpha value is -4.34. The highest BCUT2D eigenvalue weighted by Gasteiger charge is 2.23. The topological polar surface area (TPSA) is 73.6 Å². The third-order valence-corrected chi connectivity index (χ3v) is 7.53. The fraction of sp³-hybridized carbons (Fsp3) is 0.188. The molecule has 1 saturated heterocycles. The van der Waals surface area contributed by atoms with Crippen LogP contribution in [0.2, 0.25) is 5.02 Å². The largest absolute Gasteiger partial charge is 0.486 e. The third kappa shape index (κ3) is 5.70. The van der Waals surface area contributed by atoms with Crippen LogP contribution in [0.25, 0.3) is 22.2 Å². The summed E-state index contributed by atoms with van der Waals surface area (Å²) >= 11 is 5.78. The van der Waals surface area contributed by atoms with E-state index in [2.05, 4.69) is 0 Å². The molecule has 0 saturated carbocycles. The summed E-state index contributed by atoms with van der Waals surface area (Å²) in [6.07, 6.45) is 1.18. The molecule has 1 aromatic heterocycles. The molecule has 1 unspecified atom stereocenters. The van der Waals surface area contributed by atoms with Gasteiger partial charge in [0.15, 0.2) is 11.6 Å². The van der Waals surface area contributed by atoms with E-state index >= 15 is 4.39 Å². The first kappa shape index (κ1) is 27.8. The van der Waals surface area contributed by atoms with Crippen LogP contribution in [-0.2, 0) is 24.3 Å². The molecule has 6 rings (SSSR count). The summed E-state index contributed by atoms with van der Waals surface area (Å²) < 4.78 is 57.1. The molecular weight excluding hydrogens is 569 g/mol. The van der Waals surface area contributed by atoms with E-state index in [0.717, 1.165) is 12.5 Å². The van der Waals surface area contributed by atoms with E-state index in [0.29, 0.717) is 47.6 Å². The minimum atomic E-state index is -1.03. The van der Waals surface area contributed by atoms with Crippen LogP contribution in [0, 0.1) is 17.5 Å². The average molecular weight is 593 g/mol. The van der Waals surface area contributed by atoms with Crippen molar-refractivity contribution in [3.8, 4) is 16.9 Å². The number of hydrogen-bond acceptors (Lipinski definition) is 4. The average Bonchev–Trinajstić information content (AvgIpc) is 3.27. The number of carbonyl (C=O) groups is 1. The molecule has 10 heteroatoms. The van der Waals surface area contributed by atoms with Crippen LogP contribution in [0.15, 0.2) is 72.8 Å². The van der Waals surface area contributed by atoms with Gasteiger partial charge in [-0.2, -0.15) is 0 Å². The molecule has 4 aromatic carbocycles. The standard InChI is InChI=1S/C32H24ClF3N2O4/c33-22-5-2-21(26(35)15-22)17-42-30-14-19(3-7-25(30)34)24-6-1-18(11-27(24)36)12-31-37-28-8-4-20(32(39)40)13-29(28)38(31)16-23-9-10-41-23/h1-8,11,13-15,23H,9-10,12,16-17H2,(H,39,40). The van der Waals surface area contributed by atoms with E-state index in [1.54, 1.807) is 24.3 Å². The number of benzene rings is 4. The number of imidazole rings is 1. The SMILES string of the molecule is O=C(O)c1ccc2nc(Cc3ccc(-c4ccc(F)c(OCc5ccc(Cl)cc5F)c4)c(F)c3)n(CC3CCO3)c2c1. The minimum absolute atomic E-state index is 0.000165. The first-order valence-corrected chi connectivity index (χ1v) is 13.6. The Morgan fingerprint density at radius 2 is 1.83 bits per heavy atom. The van der Waals surface area contributed by atoms with Crippen molar-refractivity contribution in [2.24, 2.45) is 0 Å². The van der Waals surface area contributed by atoms with Gasteiger partial charge in [-0.05, 0) is 66.1 Å². The zero-order valence-electron chi connectivity index (χ0n) is 22.1. The third-order valence-electron chi connectivity index (χ3n) is 7.29. The highest BCUT2D eigenvalue weighted by Crippen LogP contribution is 2.31. The van der Waals surface area contributed by atoms with Gasteiger partial charge in [-0.25, -0.2) is 22.9 Å². The molecule has 1 aliphatic rings. The van der Waals surface area contributed by atoms with Crippen molar-refractivity contribution >= 4 is 28.6 Å². The van der Waals surface area contributed by atoms with E-state index in [4.69, 9.17) is 26.1 Å². The Balaban J connectivity index is 1.25. The van der Waals surface area contributed by atoms with E-state index in [1.807, 2.05) is 4.57 Å². The lowest BCUT2D eigenvalue weighted by molar-refractivity contribution is -0.0589. The van der Waals surface area contributed by atoms with Crippen molar-refractivity contribution in [1.29, 1.82) is 0 Å². The lowest BCUT2D eigenvalue weighted by atomic mass is 10.0. The van der Waals surface area contributed by atoms with Crippen LogP contribution in [0.4, 0.5) is 13.2 Å². The molecule has 42 heavy (non-hydrogen) atoms. The van der Waals surface area contributed by atoms with Gasteiger partial charge in [-0.15, -0.1) is 0 Å². The Labute approximate surface area is 243 Å². The normalized spacial score (nSPS) is 14.6. The Morgan fingerprint density at radius 3 is 2.55 bits per heavy atom. The van der Waals surface area contributed by atoms with E-state index in [1.165, 1.54) is 42.5 Å². The smallest absolute Gasteiger partial charge is 0.335 e. The highest BCUT2D eigenvalue weighted by molar-refractivity contribution is 6.30. The van der Waals surface area contributed by atoms with Gasteiger partial charge in [0, 0.05) is 29.2 Å². The second kappa shape index (κ2) is 11.5. The number of fused-ring (bicyclic) bond motifs is 1. The van der Waals surface area contributed by atoms with E-state index < -0.39 is 23.4 Å². The van der Waals surface area contributed by atoms with Crippen LogP contribution in [0.5, 0.6) is 5.75 Å². The Kier molecular flexibility index (Phi) is 7.62. The van der Waals surface area contributed by atoms with Gasteiger partial charge in [-0.3, -0.25) is 0 Å². The maximum Gasteiger partial charge on any atom is 0.335 e. The molecule has 0 aliphatic carbocycles. The molecule has 1 fully saturated rings. The number of carboxylic acids is 1. The molecular formula is C32H24ClF3N2O4. The number of aromatic carboxylic acids is 1. The van der Waals surface area contributed by atoms with Crippen LogP contribution in [-0.4, -0.2) is 33.3 Å². The molecule has 6 nitrogen and oxygen atoms in total. The van der Waals surface area contributed by atoms with Gasteiger partial charge in [0.05, 0.1) is 29.2 Å². The molecule has 0 spiro atoms. The highest BCUT2D eigenvalue weighted by atomic mass is 35.5. The molecule has 1 aliphatic heterocycles.